The van der Waals surface area contributed by atoms with Crippen LogP contribution in [0.15, 0.2) is 27.8 Å². The summed E-state index contributed by atoms with van der Waals surface area (Å²) in [5, 5.41) is 6.88. The summed E-state index contributed by atoms with van der Waals surface area (Å²) in [4.78, 5) is 4.71. The molecule has 0 amide bonds. The van der Waals surface area contributed by atoms with Crippen molar-refractivity contribution in [3.63, 3.8) is 0 Å². The summed E-state index contributed by atoms with van der Waals surface area (Å²) < 4.78 is 11.0. The maximum atomic E-state index is 5.67. The Hall–Kier alpha value is -0.410. The van der Waals surface area contributed by atoms with Gasteiger partial charge in [-0.15, -0.1) is 24.0 Å². The van der Waals surface area contributed by atoms with Gasteiger partial charge >= 0.3 is 0 Å². The van der Waals surface area contributed by atoms with E-state index in [1.807, 2.05) is 23.9 Å². The van der Waals surface area contributed by atoms with Crippen LogP contribution in [0.4, 0.5) is 0 Å². The van der Waals surface area contributed by atoms with Crippen molar-refractivity contribution in [3.8, 4) is 0 Å². The van der Waals surface area contributed by atoms with Crippen LogP contribution in [-0.2, 0) is 11.2 Å². The first-order chi connectivity index (χ1) is 12.4. The summed E-state index contributed by atoms with van der Waals surface area (Å²) in [5.41, 5.74) is 0. The van der Waals surface area contributed by atoms with Gasteiger partial charge in [0.15, 0.2) is 5.96 Å². The molecule has 1 saturated heterocycles. The standard InChI is InChI=1S/C19H33N3O2S.HI/c1-25-15-5-3-2-4-11-20-19(22-16-18-9-7-14-24-18)21-12-10-17-8-6-13-23-17;/h6,8,13,18H,2-5,7,9-12,14-16H2,1H3,(H2,20,21,22);1H. The van der Waals surface area contributed by atoms with Gasteiger partial charge in [0, 0.05) is 26.1 Å². The highest BCUT2D eigenvalue weighted by Gasteiger charge is 2.14. The first kappa shape index (κ1) is 23.6. The number of furan rings is 1. The number of thioether (sulfide) groups is 1. The Kier molecular flexibility index (Phi) is 14.2. The van der Waals surface area contributed by atoms with Crippen molar-refractivity contribution >= 4 is 41.7 Å². The van der Waals surface area contributed by atoms with Crippen LogP contribution in [0.1, 0.15) is 44.3 Å². The SMILES string of the molecule is CSCCCCCCNC(=NCC1CCCO1)NCCc1ccco1.I. The normalized spacial score (nSPS) is 17.1. The first-order valence-corrected chi connectivity index (χ1v) is 10.9. The van der Waals surface area contributed by atoms with Crippen molar-refractivity contribution in [3.05, 3.63) is 24.2 Å². The number of ether oxygens (including phenoxy) is 1. The van der Waals surface area contributed by atoms with E-state index in [1.165, 1.54) is 31.4 Å². The molecule has 1 aromatic heterocycles. The summed E-state index contributed by atoms with van der Waals surface area (Å²) in [6.45, 7) is 3.41. The third-order valence-electron chi connectivity index (χ3n) is 4.29. The number of hydrogen-bond acceptors (Lipinski definition) is 4. The van der Waals surface area contributed by atoms with E-state index in [9.17, 15) is 0 Å². The zero-order valence-electron chi connectivity index (χ0n) is 15.9. The highest BCUT2D eigenvalue weighted by molar-refractivity contribution is 14.0. The Labute approximate surface area is 179 Å². The molecule has 0 aliphatic carbocycles. The van der Waals surface area contributed by atoms with E-state index in [0.717, 1.165) is 57.2 Å². The summed E-state index contributed by atoms with van der Waals surface area (Å²) in [6.07, 6.45) is 12.4. The van der Waals surface area contributed by atoms with Crippen LogP contribution >= 0.6 is 35.7 Å². The number of aliphatic imine (C=N–C) groups is 1. The lowest BCUT2D eigenvalue weighted by Crippen LogP contribution is -2.39. The number of nitrogens with one attached hydrogen (secondary N) is 2. The van der Waals surface area contributed by atoms with Gasteiger partial charge in [0.05, 0.1) is 18.9 Å². The minimum Gasteiger partial charge on any atom is -0.469 e. The molecule has 0 spiro atoms. The van der Waals surface area contributed by atoms with Crippen molar-refractivity contribution in [2.45, 2.75) is 51.0 Å². The predicted octanol–water partition coefficient (Wildman–Crippen LogP) is 4.08. The second-order valence-electron chi connectivity index (χ2n) is 6.41. The third kappa shape index (κ3) is 10.7. The summed E-state index contributed by atoms with van der Waals surface area (Å²) in [5.74, 6) is 3.17. The molecule has 1 aromatic rings. The van der Waals surface area contributed by atoms with Crippen LogP contribution < -0.4 is 10.6 Å². The fraction of sp³-hybridized carbons (Fsp3) is 0.737. The van der Waals surface area contributed by atoms with Gasteiger partial charge in [-0.3, -0.25) is 4.99 Å². The topological polar surface area (TPSA) is 58.8 Å². The Bertz CT molecular complexity index is 465. The van der Waals surface area contributed by atoms with Crippen molar-refractivity contribution in [1.82, 2.24) is 10.6 Å². The van der Waals surface area contributed by atoms with Gasteiger partial charge < -0.3 is 19.8 Å². The number of nitrogens with zero attached hydrogens (tertiary/aromatic N) is 1. The van der Waals surface area contributed by atoms with Crippen LogP contribution in [-0.4, -0.2) is 50.3 Å². The number of halogens is 1. The van der Waals surface area contributed by atoms with E-state index >= 15 is 0 Å². The largest absolute Gasteiger partial charge is 0.469 e. The molecule has 1 aliphatic rings. The van der Waals surface area contributed by atoms with Gasteiger partial charge in [0.1, 0.15) is 5.76 Å². The summed E-state index contributed by atoms with van der Waals surface area (Å²) in [7, 11) is 0. The van der Waals surface area contributed by atoms with Crippen LogP contribution in [0.25, 0.3) is 0 Å². The highest BCUT2D eigenvalue weighted by atomic mass is 127. The lowest BCUT2D eigenvalue weighted by atomic mass is 10.2. The number of rotatable bonds is 12. The maximum Gasteiger partial charge on any atom is 0.191 e. The molecule has 0 bridgehead atoms. The predicted molar refractivity (Wildman–Crippen MR) is 122 cm³/mol. The molecule has 26 heavy (non-hydrogen) atoms. The fourth-order valence-electron chi connectivity index (χ4n) is 2.85. The molecule has 7 heteroatoms. The van der Waals surface area contributed by atoms with Crippen molar-refractivity contribution in [2.75, 3.05) is 38.2 Å². The zero-order valence-corrected chi connectivity index (χ0v) is 19.0. The quantitative estimate of drug-likeness (QED) is 0.198. The molecule has 1 fully saturated rings. The molecule has 1 atom stereocenters. The molecule has 1 unspecified atom stereocenters. The first-order valence-electron chi connectivity index (χ1n) is 9.53. The Morgan fingerprint density at radius 3 is 2.81 bits per heavy atom. The van der Waals surface area contributed by atoms with Crippen LogP contribution in [0.3, 0.4) is 0 Å². The minimum absolute atomic E-state index is 0. The molecule has 2 rings (SSSR count). The van der Waals surface area contributed by atoms with Gasteiger partial charge in [-0.2, -0.15) is 11.8 Å². The minimum atomic E-state index is 0. The summed E-state index contributed by atoms with van der Waals surface area (Å²) >= 11 is 1.93. The van der Waals surface area contributed by atoms with E-state index in [-0.39, 0.29) is 30.1 Å². The van der Waals surface area contributed by atoms with Crippen LogP contribution in [0.5, 0.6) is 0 Å². The van der Waals surface area contributed by atoms with E-state index < -0.39 is 0 Å². The van der Waals surface area contributed by atoms with Crippen LogP contribution in [0, 0.1) is 0 Å². The highest BCUT2D eigenvalue weighted by Crippen LogP contribution is 2.11. The summed E-state index contributed by atoms with van der Waals surface area (Å²) in [6, 6.07) is 3.93. The van der Waals surface area contributed by atoms with Gasteiger partial charge in [0.2, 0.25) is 0 Å². The van der Waals surface area contributed by atoms with Gasteiger partial charge in [-0.1, -0.05) is 12.8 Å². The molecule has 5 nitrogen and oxygen atoms in total. The second-order valence-corrected chi connectivity index (χ2v) is 7.40. The van der Waals surface area contributed by atoms with Gasteiger partial charge in [0.25, 0.3) is 0 Å². The monoisotopic (exact) mass is 495 g/mol. The van der Waals surface area contributed by atoms with Crippen molar-refractivity contribution < 1.29 is 9.15 Å². The van der Waals surface area contributed by atoms with E-state index in [2.05, 4.69) is 16.9 Å². The van der Waals surface area contributed by atoms with Crippen LogP contribution in [0.2, 0.25) is 0 Å². The number of hydrogen-bond donors (Lipinski definition) is 2. The molecule has 1 aliphatic heterocycles. The van der Waals surface area contributed by atoms with Crippen molar-refractivity contribution in [2.24, 2.45) is 4.99 Å². The molecular formula is C19H34IN3O2S. The zero-order chi connectivity index (χ0) is 17.6. The number of guanidine groups is 1. The average molecular weight is 495 g/mol. The molecule has 2 heterocycles. The van der Waals surface area contributed by atoms with Gasteiger partial charge in [-0.05, 0) is 49.8 Å². The fourth-order valence-corrected chi connectivity index (χ4v) is 3.34. The lowest BCUT2D eigenvalue weighted by Gasteiger charge is -2.13. The van der Waals surface area contributed by atoms with Crippen molar-refractivity contribution in [1.29, 1.82) is 0 Å². The van der Waals surface area contributed by atoms with E-state index in [4.69, 9.17) is 14.1 Å². The second kappa shape index (κ2) is 15.6. The van der Waals surface area contributed by atoms with Gasteiger partial charge in [-0.25, -0.2) is 0 Å². The molecule has 0 saturated carbocycles. The maximum absolute atomic E-state index is 5.67. The van der Waals surface area contributed by atoms with E-state index in [1.54, 1.807) is 6.26 Å². The Balaban J connectivity index is 0.00000338. The number of unbranched alkanes of at least 4 members (excludes halogenated alkanes) is 3. The Morgan fingerprint density at radius 2 is 2.08 bits per heavy atom. The lowest BCUT2D eigenvalue weighted by molar-refractivity contribution is 0.117. The molecule has 0 radical (unpaired) electrons. The third-order valence-corrected chi connectivity index (χ3v) is 4.99. The molecule has 150 valence electrons. The average Bonchev–Trinajstić information content (AvgIpc) is 3.32. The molecular weight excluding hydrogens is 461 g/mol. The molecule has 2 N–H and O–H groups in total. The Morgan fingerprint density at radius 1 is 1.23 bits per heavy atom. The molecule has 0 aromatic carbocycles. The van der Waals surface area contributed by atoms with E-state index in [0.29, 0.717) is 0 Å². The smallest absolute Gasteiger partial charge is 0.191 e.